The Morgan fingerprint density at radius 2 is 1.89 bits per heavy atom. The molecule has 1 amide bonds. The van der Waals surface area contributed by atoms with Crippen LogP contribution in [0.2, 0.25) is 0 Å². The summed E-state index contributed by atoms with van der Waals surface area (Å²) in [5, 5.41) is 24.5. The number of rotatable bonds is 3. The number of phenols is 1. The largest absolute Gasteiger partial charge is 0.507 e. The Bertz CT molecular complexity index is 1290. The fraction of sp³-hybridized carbons (Fsp3) is 0.417. The first-order valence-electron chi connectivity index (χ1n) is 11.1. The van der Waals surface area contributed by atoms with E-state index in [1.807, 2.05) is 0 Å². The number of ketones is 4. The fourth-order valence-corrected chi connectivity index (χ4v) is 7.13. The van der Waals surface area contributed by atoms with Crippen LogP contribution in [0.15, 0.2) is 29.8 Å². The van der Waals surface area contributed by atoms with Crippen LogP contribution in [-0.4, -0.2) is 74.9 Å². The summed E-state index contributed by atoms with van der Waals surface area (Å²) in [6, 6.07) is 3.45. The van der Waals surface area contributed by atoms with Crippen LogP contribution in [0.4, 0.5) is 0 Å². The Morgan fingerprint density at radius 1 is 1.17 bits per heavy atom. The van der Waals surface area contributed by atoms with Gasteiger partial charge in [0.1, 0.15) is 10.8 Å². The minimum absolute atomic E-state index is 0.0379. The number of aromatic hydroxyl groups is 1. The molecule has 1 heterocycles. The molecule has 35 heavy (non-hydrogen) atoms. The van der Waals surface area contributed by atoms with Gasteiger partial charge >= 0.3 is 0 Å². The topological polar surface area (TPSA) is 168 Å². The van der Waals surface area contributed by atoms with E-state index in [1.165, 1.54) is 22.3 Å². The van der Waals surface area contributed by atoms with Crippen LogP contribution < -0.4 is 5.73 Å². The van der Waals surface area contributed by atoms with E-state index in [0.29, 0.717) is 10.6 Å². The standard InChI is InChI=1S/C24H23N3O7S/c1-27(2)17-11-8-10-13(23-26-6-7-35-23)9-4-3-5-12(28)14(9)18(29)15(10)20(31)24(11,34)21(32)16(19(17)30)22(25)33/h3-7,10-11,13,15-17,28,34H,8H2,1-2H3,(H2,25,33)/t10-,11+,13+,15?,16?,17+,24+/m1/s1. The van der Waals surface area contributed by atoms with E-state index < -0.39 is 70.3 Å². The van der Waals surface area contributed by atoms with Crippen LogP contribution >= 0.6 is 11.3 Å². The first-order valence-corrected chi connectivity index (χ1v) is 12.0. The van der Waals surface area contributed by atoms with Crippen molar-refractivity contribution in [1.82, 2.24) is 9.88 Å². The van der Waals surface area contributed by atoms with Gasteiger partial charge < -0.3 is 15.9 Å². The zero-order valence-electron chi connectivity index (χ0n) is 18.9. The van der Waals surface area contributed by atoms with Gasteiger partial charge in [-0.15, -0.1) is 11.3 Å². The number of carbonyl (C=O) groups excluding carboxylic acids is 5. The molecule has 4 N–H and O–H groups in total. The highest BCUT2D eigenvalue weighted by Gasteiger charge is 2.70. The second-order valence-corrected chi connectivity index (χ2v) is 10.5. The van der Waals surface area contributed by atoms with Gasteiger partial charge in [-0.1, -0.05) is 12.1 Å². The summed E-state index contributed by atoms with van der Waals surface area (Å²) in [5.41, 5.74) is 3.02. The summed E-state index contributed by atoms with van der Waals surface area (Å²) >= 11 is 1.31. The van der Waals surface area contributed by atoms with Crippen LogP contribution in [0.1, 0.15) is 33.3 Å². The molecule has 0 spiro atoms. The first-order chi connectivity index (χ1) is 16.5. The lowest BCUT2D eigenvalue weighted by Gasteiger charge is -2.53. The number of nitrogens with two attached hydrogens (primary N) is 1. The number of primary amides is 1. The summed E-state index contributed by atoms with van der Waals surface area (Å²) in [5.74, 6) is -11.4. The van der Waals surface area contributed by atoms with Gasteiger partial charge in [0.05, 0.1) is 17.5 Å². The summed E-state index contributed by atoms with van der Waals surface area (Å²) in [6.45, 7) is 0. The molecule has 1 aromatic heterocycles. The number of hydrogen-bond donors (Lipinski definition) is 3. The second-order valence-electron chi connectivity index (χ2n) is 9.58. The second kappa shape index (κ2) is 7.87. The molecule has 10 nitrogen and oxygen atoms in total. The van der Waals surface area contributed by atoms with E-state index in [-0.39, 0.29) is 17.7 Å². The molecule has 3 aliphatic carbocycles. The summed E-state index contributed by atoms with van der Waals surface area (Å²) in [7, 11) is 3.09. The number of aromatic nitrogens is 1. The van der Waals surface area contributed by atoms with Crippen molar-refractivity contribution in [2.45, 2.75) is 24.0 Å². The van der Waals surface area contributed by atoms with Gasteiger partial charge in [0, 0.05) is 23.4 Å². The number of likely N-dealkylation sites (N-methyl/N-ethyl adjacent to an activating group) is 1. The number of carbonyl (C=O) groups is 5. The Morgan fingerprint density at radius 3 is 2.49 bits per heavy atom. The molecule has 0 radical (unpaired) electrons. The fourth-order valence-electron chi connectivity index (χ4n) is 6.30. The molecule has 7 atom stereocenters. The van der Waals surface area contributed by atoms with Crippen LogP contribution in [0.25, 0.3) is 0 Å². The van der Waals surface area contributed by atoms with Crippen molar-refractivity contribution >= 4 is 40.4 Å². The number of hydrogen-bond acceptors (Lipinski definition) is 10. The number of Topliss-reactive ketones (excluding diaryl/α,β-unsaturated/α-hetero) is 4. The normalized spacial score (nSPS) is 34.4. The number of nitrogens with zero attached hydrogens (tertiary/aromatic N) is 2. The van der Waals surface area contributed by atoms with Crippen molar-refractivity contribution in [2.75, 3.05) is 14.1 Å². The average molecular weight is 498 g/mol. The molecule has 2 saturated carbocycles. The predicted octanol–water partition coefficient (Wildman–Crippen LogP) is -0.0871. The lowest BCUT2D eigenvalue weighted by atomic mass is 9.50. The third-order valence-electron chi connectivity index (χ3n) is 7.67. The Hall–Kier alpha value is -3.28. The molecular formula is C24H23N3O7S. The van der Waals surface area contributed by atoms with Crippen molar-refractivity contribution in [3.63, 3.8) is 0 Å². The van der Waals surface area contributed by atoms with Gasteiger partial charge in [0.15, 0.2) is 34.7 Å². The Labute approximate surface area is 203 Å². The van der Waals surface area contributed by atoms with Gasteiger partial charge in [-0.3, -0.25) is 28.9 Å². The van der Waals surface area contributed by atoms with E-state index in [2.05, 4.69) is 4.98 Å². The molecule has 11 heteroatoms. The highest BCUT2D eigenvalue weighted by atomic mass is 32.1. The quantitative estimate of drug-likeness (QED) is 0.491. The number of fused-ring (bicyclic) bond motifs is 3. The Balaban J connectivity index is 1.74. The average Bonchev–Trinajstić information content (AvgIpc) is 3.30. The van der Waals surface area contributed by atoms with Gasteiger partial charge in [0.2, 0.25) is 5.91 Å². The lowest BCUT2D eigenvalue weighted by Crippen LogP contribution is -2.74. The molecule has 0 saturated heterocycles. The minimum Gasteiger partial charge on any atom is -0.507 e. The molecular weight excluding hydrogens is 474 g/mol. The third-order valence-corrected chi connectivity index (χ3v) is 8.53. The third kappa shape index (κ3) is 3.01. The molecule has 5 rings (SSSR count). The van der Waals surface area contributed by atoms with Crippen LogP contribution in [-0.2, 0) is 19.2 Å². The summed E-state index contributed by atoms with van der Waals surface area (Å²) in [4.78, 5) is 72.0. The SMILES string of the molecule is CN(C)[C@@H]1C(=O)C(C(N)=O)C(=O)[C@@]2(O)C(=O)C3C(=O)c4c(O)cccc4[C@H](c4nccs4)[C@H]3C[C@@H]12. The highest BCUT2D eigenvalue weighted by Crippen LogP contribution is 2.56. The molecule has 2 aromatic rings. The van der Waals surface area contributed by atoms with Crippen molar-refractivity contribution in [1.29, 1.82) is 0 Å². The van der Waals surface area contributed by atoms with Gasteiger partial charge in [0.25, 0.3) is 0 Å². The maximum absolute atomic E-state index is 13.9. The van der Waals surface area contributed by atoms with Crippen LogP contribution in [0, 0.1) is 23.7 Å². The van der Waals surface area contributed by atoms with Crippen molar-refractivity contribution in [3.05, 3.63) is 45.9 Å². The van der Waals surface area contributed by atoms with Crippen LogP contribution in [0.5, 0.6) is 5.75 Å². The molecule has 2 fully saturated rings. The van der Waals surface area contributed by atoms with E-state index in [0.717, 1.165) is 0 Å². The number of aliphatic hydroxyl groups is 1. The number of phenolic OH excluding ortho intramolecular Hbond substituents is 1. The lowest BCUT2D eigenvalue weighted by molar-refractivity contribution is -0.181. The zero-order valence-corrected chi connectivity index (χ0v) is 19.7. The maximum Gasteiger partial charge on any atom is 0.235 e. The van der Waals surface area contributed by atoms with E-state index in [4.69, 9.17) is 5.73 Å². The van der Waals surface area contributed by atoms with E-state index in [1.54, 1.807) is 37.8 Å². The first kappa shape index (κ1) is 23.5. The van der Waals surface area contributed by atoms with Crippen molar-refractivity contribution < 1.29 is 34.2 Å². The summed E-state index contributed by atoms with van der Waals surface area (Å²) in [6.07, 6.45) is 1.55. The van der Waals surface area contributed by atoms with Gasteiger partial charge in [-0.2, -0.15) is 0 Å². The van der Waals surface area contributed by atoms with Crippen molar-refractivity contribution in [2.24, 2.45) is 29.4 Å². The molecule has 0 bridgehead atoms. The smallest absolute Gasteiger partial charge is 0.235 e. The van der Waals surface area contributed by atoms with Crippen LogP contribution in [0.3, 0.4) is 0 Å². The molecule has 1 aromatic carbocycles. The molecule has 3 aliphatic rings. The van der Waals surface area contributed by atoms with E-state index in [9.17, 15) is 34.2 Å². The molecule has 0 aliphatic heterocycles. The zero-order chi connectivity index (χ0) is 25.4. The highest BCUT2D eigenvalue weighted by molar-refractivity contribution is 7.09. The predicted molar refractivity (Wildman–Crippen MR) is 122 cm³/mol. The van der Waals surface area contributed by atoms with E-state index >= 15 is 0 Å². The maximum atomic E-state index is 13.9. The summed E-state index contributed by atoms with van der Waals surface area (Å²) < 4.78 is 0. The molecule has 2 unspecified atom stereocenters. The number of thiazole rings is 1. The van der Waals surface area contributed by atoms with Crippen molar-refractivity contribution in [3.8, 4) is 5.75 Å². The molecule has 182 valence electrons. The minimum atomic E-state index is -2.76. The monoisotopic (exact) mass is 497 g/mol. The van der Waals surface area contributed by atoms with Gasteiger partial charge in [-0.05, 0) is 38.1 Å². The number of amides is 1. The van der Waals surface area contributed by atoms with Gasteiger partial charge in [-0.25, -0.2) is 4.98 Å². The Kier molecular flexibility index (Phi) is 5.28. The number of benzene rings is 1.